The van der Waals surface area contributed by atoms with Gasteiger partial charge in [-0.1, -0.05) is 18.2 Å². The monoisotopic (exact) mass is 271 g/mol. The molecule has 1 N–H and O–H groups in total. The van der Waals surface area contributed by atoms with E-state index >= 15 is 0 Å². The fourth-order valence-corrected chi connectivity index (χ4v) is 2.29. The van der Waals surface area contributed by atoms with Crippen LogP contribution in [-0.4, -0.2) is 16.5 Å². The fourth-order valence-electron chi connectivity index (χ4n) is 2.29. The lowest BCUT2D eigenvalue weighted by Gasteiger charge is -2.12. The molecule has 0 spiro atoms. The van der Waals surface area contributed by atoms with Crippen molar-refractivity contribution in [2.24, 2.45) is 0 Å². The normalized spacial score (nSPS) is 16.4. The number of pyridine rings is 1. The van der Waals surface area contributed by atoms with Gasteiger partial charge >= 0.3 is 0 Å². The van der Waals surface area contributed by atoms with Gasteiger partial charge in [0, 0.05) is 11.6 Å². The molecule has 0 radical (unpaired) electrons. The van der Waals surface area contributed by atoms with Gasteiger partial charge in [0.2, 0.25) is 0 Å². The van der Waals surface area contributed by atoms with Crippen molar-refractivity contribution in [3.05, 3.63) is 57.8 Å². The zero-order chi connectivity index (χ0) is 14.1. The Hall–Kier alpha value is -2.63. The Morgan fingerprint density at radius 1 is 1.35 bits per heavy atom. The molecule has 102 valence electrons. The Morgan fingerprint density at radius 2 is 2.15 bits per heavy atom. The van der Waals surface area contributed by atoms with Crippen LogP contribution in [0.15, 0.2) is 36.4 Å². The van der Waals surface area contributed by atoms with Crippen LogP contribution < -0.4 is 10.1 Å². The maximum absolute atomic E-state index is 10.8. The predicted molar refractivity (Wildman–Crippen MR) is 73.9 cm³/mol. The number of rotatable bonds is 3. The number of nitrogens with one attached hydrogen (secondary N) is 1. The van der Waals surface area contributed by atoms with Crippen molar-refractivity contribution in [3.63, 3.8) is 0 Å². The third kappa shape index (κ3) is 2.16. The molecule has 2 heterocycles. The van der Waals surface area contributed by atoms with Crippen LogP contribution in [-0.2, 0) is 0 Å². The molecule has 1 aliphatic heterocycles. The number of benzene rings is 1. The summed E-state index contributed by atoms with van der Waals surface area (Å²) in [6, 6.07) is 10.9. The summed E-state index contributed by atoms with van der Waals surface area (Å²) >= 11 is 0. The van der Waals surface area contributed by atoms with E-state index in [1.165, 1.54) is 6.07 Å². The number of fused-ring (bicyclic) bond motifs is 1. The molecule has 3 rings (SSSR count). The van der Waals surface area contributed by atoms with E-state index in [0.717, 1.165) is 11.3 Å². The maximum Gasteiger partial charge on any atom is 0.290 e. The number of nitrogens with zero attached hydrogens (tertiary/aromatic N) is 2. The minimum absolute atomic E-state index is 0.0135. The molecule has 6 heteroatoms. The molecule has 0 saturated heterocycles. The lowest BCUT2D eigenvalue weighted by Crippen LogP contribution is -2.13. The second-order valence-electron chi connectivity index (χ2n) is 4.60. The first kappa shape index (κ1) is 12.4. The van der Waals surface area contributed by atoms with Crippen LogP contribution in [0.5, 0.6) is 5.75 Å². The van der Waals surface area contributed by atoms with Crippen molar-refractivity contribution in [1.29, 1.82) is 0 Å². The summed E-state index contributed by atoms with van der Waals surface area (Å²) in [7, 11) is 0. The second kappa shape index (κ2) is 4.80. The molecule has 6 nitrogen and oxygen atoms in total. The van der Waals surface area contributed by atoms with Crippen molar-refractivity contribution in [3.8, 4) is 5.75 Å². The van der Waals surface area contributed by atoms with Gasteiger partial charge in [-0.25, -0.2) is 4.98 Å². The highest BCUT2D eigenvalue weighted by atomic mass is 16.6. The molecule has 1 aromatic carbocycles. The number of para-hydroxylation sites is 1. The van der Waals surface area contributed by atoms with Gasteiger partial charge in [0.25, 0.3) is 5.69 Å². The third-order valence-electron chi connectivity index (χ3n) is 3.28. The first-order chi connectivity index (χ1) is 9.65. The van der Waals surface area contributed by atoms with Gasteiger partial charge in [0.05, 0.1) is 11.0 Å². The second-order valence-corrected chi connectivity index (χ2v) is 4.60. The number of ether oxygens (including phenoxy) is 1. The van der Waals surface area contributed by atoms with E-state index in [2.05, 4.69) is 10.3 Å². The van der Waals surface area contributed by atoms with Gasteiger partial charge in [-0.15, -0.1) is 0 Å². The molecule has 1 atom stereocenters. The van der Waals surface area contributed by atoms with Crippen molar-refractivity contribution in [2.45, 2.75) is 13.0 Å². The largest absolute Gasteiger partial charge is 0.491 e. The van der Waals surface area contributed by atoms with E-state index in [9.17, 15) is 10.1 Å². The lowest BCUT2D eigenvalue weighted by atomic mass is 10.1. The Bertz CT molecular complexity index is 672. The molecule has 0 saturated carbocycles. The summed E-state index contributed by atoms with van der Waals surface area (Å²) in [6.45, 7) is 2.15. The number of nitro groups is 1. The Kier molecular flexibility index (Phi) is 2.98. The highest BCUT2D eigenvalue weighted by Gasteiger charge is 2.24. The molecular formula is C14H13N3O3. The van der Waals surface area contributed by atoms with E-state index in [4.69, 9.17) is 4.74 Å². The number of anilines is 1. The third-order valence-corrected chi connectivity index (χ3v) is 3.28. The van der Waals surface area contributed by atoms with Gasteiger partial charge in [0.1, 0.15) is 23.9 Å². The Balaban J connectivity index is 1.83. The van der Waals surface area contributed by atoms with Crippen LogP contribution >= 0.6 is 0 Å². The minimum atomic E-state index is -0.430. The maximum atomic E-state index is 10.8. The minimum Gasteiger partial charge on any atom is -0.491 e. The average molecular weight is 271 g/mol. The van der Waals surface area contributed by atoms with Gasteiger partial charge in [0.15, 0.2) is 0 Å². The van der Waals surface area contributed by atoms with E-state index < -0.39 is 4.92 Å². The molecule has 0 amide bonds. The fraction of sp³-hybridized carbons (Fsp3) is 0.214. The molecule has 1 aliphatic rings. The van der Waals surface area contributed by atoms with Crippen molar-refractivity contribution in [2.75, 3.05) is 11.9 Å². The molecule has 0 fully saturated rings. The van der Waals surface area contributed by atoms with E-state index in [1.807, 2.05) is 24.3 Å². The summed E-state index contributed by atoms with van der Waals surface area (Å²) in [5, 5.41) is 14.0. The zero-order valence-electron chi connectivity index (χ0n) is 10.9. The van der Waals surface area contributed by atoms with Crippen molar-refractivity contribution in [1.82, 2.24) is 4.98 Å². The van der Waals surface area contributed by atoms with Gasteiger partial charge in [-0.3, -0.25) is 10.1 Å². The summed E-state index contributed by atoms with van der Waals surface area (Å²) < 4.78 is 5.58. The molecular weight excluding hydrogens is 258 g/mol. The van der Waals surface area contributed by atoms with Crippen LogP contribution in [0.4, 0.5) is 11.5 Å². The predicted octanol–water partition coefficient (Wildman–Crippen LogP) is 2.84. The van der Waals surface area contributed by atoms with E-state index in [-0.39, 0.29) is 11.7 Å². The molecule has 0 bridgehead atoms. The Labute approximate surface area is 115 Å². The zero-order valence-corrected chi connectivity index (χ0v) is 10.9. The Morgan fingerprint density at radius 3 is 2.90 bits per heavy atom. The molecule has 1 aromatic heterocycles. The smallest absolute Gasteiger partial charge is 0.290 e. The number of aromatic nitrogens is 1. The van der Waals surface area contributed by atoms with Crippen molar-refractivity contribution < 1.29 is 9.66 Å². The number of hydrogen-bond acceptors (Lipinski definition) is 5. The van der Waals surface area contributed by atoms with Crippen LogP contribution in [0.25, 0.3) is 0 Å². The molecule has 1 unspecified atom stereocenters. The molecule has 20 heavy (non-hydrogen) atoms. The average Bonchev–Trinajstić information content (AvgIpc) is 2.82. The summed E-state index contributed by atoms with van der Waals surface area (Å²) in [5.41, 5.74) is 1.50. The van der Waals surface area contributed by atoms with Gasteiger partial charge in [-0.2, -0.15) is 0 Å². The first-order valence-electron chi connectivity index (χ1n) is 6.25. The van der Waals surface area contributed by atoms with E-state index in [1.54, 1.807) is 13.0 Å². The first-order valence-corrected chi connectivity index (χ1v) is 6.25. The van der Waals surface area contributed by atoms with Crippen LogP contribution in [0.2, 0.25) is 0 Å². The molecule has 2 aromatic rings. The standard InChI is InChI=1S/C14H13N3O3/c1-9-12(17(18)19)6-7-14(15-9)16-11-8-20-13-5-3-2-4-10(11)13/h2-7,11H,8H2,1H3,(H,15,16). The highest BCUT2D eigenvalue weighted by molar-refractivity contribution is 5.49. The topological polar surface area (TPSA) is 77.3 Å². The summed E-state index contributed by atoms with van der Waals surface area (Å²) in [4.78, 5) is 14.6. The van der Waals surface area contributed by atoms with Gasteiger partial charge < -0.3 is 10.1 Å². The highest BCUT2D eigenvalue weighted by Crippen LogP contribution is 2.34. The number of aryl methyl sites for hydroxylation is 1. The SMILES string of the molecule is Cc1nc(NC2COc3ccccc32)ccc1[N+](=O)[O-]. The van der Waals surface area contributed by atoms with Crippen LogP contribution in [0, 0.1) is 17.0 Å². The lowest BCUT2D eigenvalue weighted by molar-refractivity contribution is -0.385. The molecule has 0 aliphatic carbocycles. The van der Waals surface area contributed by atoms with Crippen molar-refractivity contribution >= 4 is 11.5 Å². The quantitative estimate of drug-likeness (QED) is 0.686. The van der Waals surface area contributed by atoms with Gasteiger partial charge in [-0.05, 0) is 19.1 Å². The van der Waals surface area contributed by atoms with Crippen LogP contribution in [0.3, 0.4) is 0 Å². The summed E-state index contributed by atoms with van der Waals surface area (Å²) in [6.07, 6.45) is 0. The summed E-state index contributed by atoms with van der Waals surface area (Å²) in [5.74, 6) is 1.47. The van der Waals surface area contributed by atoms with E-state index in [0.29, 0.717) is 18.1 Å². The van der Waals surface area contributed by atoms with Crippen LogP contribution in [0.1, 0.15) is 17.3 Å². The number of hydrogen-bond donors (Lipinski definition) is 1.